The minimum absolute atomic E-state index is 0.183. The Morgan fingerprint density at radius 2 is 1.78 bits per heavy atom. The van der Waals surface area contributed by atoms with Crippen molar-refractivity contribution in [2.45, 2.75) is 18.9 Å². The smallest absolute Gasteiger partial charge is 0.258 e. The Labute approximate surface area is 156 Å². The molecule has 0 atom stereocenters. The molecule has 3 rings (SSSR count). The van der Waals surface area contributed by atoms with Crippen molar-refractivity contribution in [2.75, 3.05) is 32.6 Å². The number of benzene rings is 2. The maximum absolute atomic E-state index is 14.2. The van der Waals surface area contributed by atoms with E-state index in [1.807, 2.05) is 0 Å². The van der Waals surface area contributed by atoms with E-state index in [4.69, 9.17) is 4.74 Å². The molecule has 0 spiro atoms. The number of likely N-dealkylation sites (tertiary alicyclic amines) is 1. The zero-order chi connectivity index (χ0) is 19.4. The van der Waals surface area contributed by atoms with E-state index in [0.717, 1.165) is 50.9 Å². The summed E-state index contributed by atoms with van der Waals surface area (Å²) < 4.78 is 38.3. The lowest BCUT2D eigenvalue weighted by molar-refractivity contribution is 0.102. The highest BCUT2D eigenvalue weighted by Gasteiger charge is 2.20. The normalized spacial score (nSPS) is 15.4. The van der Waals surface area contributed by atoms with Gasteiger partial charge in [0.05, 0.1) is 12.7 Å². The van der Waals surface area contributed by atoms with Crippen LogP contribution in [-0.4, -0.2) is 44.2 Å². The first kappa shape index (κ1) is 19.1. The fraction of sp³-hybridized carbons (Fsp3) is 0.350. The van der Waals surface area contributed by atoms with Gasteiger partial charge in [-0.2, -0.15) is 0 Å². The molecule has 1 N–H and O–H groups in total. The molecule has 0 unspecified atom stereocenters. The van der Waals surface area contributed by atoms with Gasteiger partial charge in [-0.1, -0.05) is 0 Å². The summed E-state index contributed by atoms with van der Waals surface area (Å²) in [5, 5.41) is 2.59. The molecule has 0 radical (unpaired) electrons. The molecule has 0 aliphatic carbocycles. The molecule has 1 fully saturated rings. The third-order valence-electron chi connectivity index (χ3n) is 4.58. The van der Waals surface area contributed by atoms with Gasteiger partial charge in [-0.05, 0) is 56.3 Å². The van der Waals surface area contributed by atoms with Crippen molar-refractivity contribution in [3.8, 4) is 11.5 Å². The predicted molar refractivity (Wildman–Crippen MR) is 98.5 cm³/mol. The number of methoxy groups -OCH3 is 1. The second-order valence-corrected chi connectivity index (χ2v) is 6.54. The van der Waals surface area contributed by atoms with E-state index in [2.05, 4.69) is 22.0 Å². The lowest BCUT2D eigenvalue weighted by Crippen LogP contribution is -2.35. The number of carbonyl (C=O) groups is 1. The van der Waals surface area contributed by atoms with E-state index in [-0.39, 0.29) is 11.7 Å². The quantitative estimate of drug-likeness (QED) is 0.865. The number of halogens is 2. The Hall–Kier alpha value is -2.67. The molecule has 1 saturated heterocycles. The standard InChI is InChI=1S/C20H22F2N2O3/c1-24-11-9-15(10-12-24)27-14-5-3-13(4-6-14)23-20(25)16-7-8-17(21)19(26-2)18(16)22/h3-8,15H,9-12H2,1-2H3,(H,23,25). The Balaban J connectivity index is 1.64. The zero-order valence-electron chi connectivity index (χ0n) is 15.3. The monoisotopic (exact) mass is 376 g/mol. The molecule has 2 aromatic carbocycles. The van der Waals surface area contributed by atoms with Crippen LogP contribution in [0, 0.1) is 11.6 Å². The first-order valence-electron chi connectivity index (χ1n) is 8.76. The fourth-order valence-corrected chi connectivity index (χ4v) is 3.01. The molecular weight excluding hydrogens is 354 g/mol. The highest BCUT2D eigenvalue weighted by atomic mass is 19.1. The van der Waals surface area contributed by atoms with Crippen molar-refractivity contribution in [1.82, 2.24) is 4.90 Å². The van der Waals surface area contributed by atoms with Gasteiger partial charge in [-0.3, -0.25) is 4.79 Å². The molecule has 5 nitrogen and oxygen atoms in total. The van der Waals surface area contributed by atoms with Crippen molar-refractivity contribution in [1.29, 1.82) is 0 Å². The molecule has 144 valence electrons. The van der Waals surface area contributed by atoms with E-state index in [9.17, 15) is 13.6 Å². The van der Waals surface area contributed by atoms with E-state index >= 15 is 0 Å². The van der Waals surface area contributed by atoms with Crippen molar-refractivity contribution in [3.63, 3.8) is 0 Å². The fourth-order valence-electron chi connectivity index (χ4n) is 3.01. The molecular formula is C20H22F2N2O3. The maximum Gasteiger partial charge on any atom is 0.258 e. The van der Waals surface area contributed by atoms with Crippen molar-refractivity contribution in [3.05, 3.63) is 53.6 Å². The first-order valence-corrected chi connectivity index (χ1v) is 8.76. The Bertz CT molecular complexity index is 804. The second-order valence-electron chi connectivity index (χ2n) is 6.54. The molecule has 1 aliphatic heterocycles. The van der Waals surface area contributed by atoms with Crippen LogP contribution in [0.3, 0.4) is 0 Å². The first-order chi connectivity index (χ1) is 13.0. The maximum atomic E-state index is 14.2. The number of anilines is 1. The number of amides is 1. The van der Waals surface area contributed by atoms with Crippen LogP contribution in [0.25, 0.3) is 0 Å². The van der Waals surface area contributed by atoms with Crippen LogP contribution < -0.4 is 14.8 Å². The lowest BCUT2D eigenvalue weighted by Gasteiger charge is -2.29. The van der Waals surface area contributed by atoms with Crippen LogP contribution in [0.2, 0.25) is 0 Å². The molecule has 0 aromatic heterocycles. The van der Waals surface area contributed by atoms with Crippen LogP contribution in [0.1, 0.15) is 23.2 Å². The molecule has 27 heavy (non-hydrogen) atoms. The summed E-state index contributed by atoms with van der Waals surface area (Å²) in [5.41, 5.74) is 0.193. The Morgan fingerprint density at radius 1 is 1.11 bits per heavy atom. The van der Waals surface area contributed by atoms with Crippen LogP contribution in [0.5, 0.6) is 11.5 Å². The third-order valence-corrected chi connectivity index (χ3v) is 4.58. The molecule has 1 amide bonds. The number of hydrogen-bond acceptors (Lipinski definition) is 4. The van der Waals surface area contributed by atoms with Crippen molar-refractivity contribution >= 4 is 11.6 Å². The van der Waals surface area contributed by atoms with Gasteiger partial charge >= 0.3 is 0 Å². The average molecular weight is 376 g/mol. The largest absolute Gasteiger partial charge is 0.491 e. The zero-order valence-corrected chi connectivity index (χ0v) is 15.3. The van der Waals surface area contributed by atoms with Crippen LogP contribution in [0.15, 0.2) is 36.4 Å². The molecule has 7 heteroatoms. The van der Waals surface area contributed by atoms with Gasteiger partial charge < -0.3 is 19.7 Å². The van der Waals surface area contributed by atoms with Crippen LogP contribution >= 0.6 is 0 Å². The summed E-state index contributed by atoms with van der Waals surface area (Å²) in [4.78, 5) is 14.5. The molecule has 0 bridgehead atoms. The summed E-state index contributed by atoms with van der Waals surface area (Å²) in [6.07, 6.45) is 2.13. The minimum Gasteiger partial charge on any atom is -0.491 e. The van der Waals surface area contributed by atoms with E-state index in [1.54, 1.807) is 24.3 Å². The van der Waals surface area contributed by atoms with Crippen LogP contribution in [0.4, 0.5) is 14.5 Å². The number of hydrogen-bond donors (Lipinski definition) is 1. The van der Waals surface area contributed by atoms with E-state index in [0.29, 0.717) is 5.69 Å². The molecule has 1 heterocycles. The molecule has 2 aromatic rings. The molecule has 1 aliphatic rings. The number of piperidine rings is 1. The Kier molecular flexibility index (Phi) is 5.91. The topological polar surface area (TPSA) is 50.8 Å². The number of nitrogens with zero attached hydrogens (tertiary/aromatic N) is 1. The van der Waals surface area contributed by atoms with Crippen molar-refractivity contribution in [2.24, 2.45) is 0 Å². The minimum atomic E-state index is -1.03. The van der Waals surface area contributed by atoms with Gasteiger partial charge in [-0.25, -0.2) is 8.78 Å². The van der Waals surface area contributed by atoms with Gasteiger partial charge in [0.2, 0.25) is 0 Å². The highest BCUT2D eigenvalue weighted by molar-refractivity contribution is 6.04. The number of ether oxygens (including phenoxy) is 2. The summed E-state index contributed by atoms with van der Waals surface area (Å²) in [6.45, 7) is 2.01. The SMILES string of the molecule is COc1c(F)ccc(C(=O)Nc2ccc(OC3CCN(C)CC3)cc2)c1F. The van der Waals surface area contributed by atoms with Gasteiger partial charge in [-0.15, -0.1) is 0 Å². The molecule has 0 saturated carbocycles. The van der Waals surface area contributed by atoms with E-state index < -0.39 is 23.3 Å². The lowest BCUT2D eigenvalue weighted by atomic mass is 10.1. The summed E-state index contributed by atoms with van der Waals surface area (Å²) in [5.74, 6) is -2.43. The average Bonchev–Trinajstić information content (AvgIpc) is 2.65. The predicted octanol–water partition coefficient (Wildman–Crippen LogP) is 3.70. The van der Waals surface area contributed by atoms with Gasteiger partial charge in [0, 0.05) is 18.8 Å². The summed E-state index contributed by atoms with van der Waals surface area (Å²) in [7, 11) is 3.24. The summed E-state index contributed by atoms with van der Waals surface area (Å²) >= 11 is 0. The van der Waals surface area contributed by atoms with Gasteiger partial charge in [0.15, 0.2) is 17.4 Å². The van der Waals surface area contributed by atoms with E-state index in [1.165, 1.54) is 0 Å². The van der Waals surface area contributed by atoms with Crippen LogP contribution in [-0.2, 0) is 0 Å². The number of rotatable bonds is 5. The Morgan fingerprint density at radius 3 is 2.41 bits per heavy atom. The van der Waals surface area contributed by atoms with Gasteiger partial charge in [0.25, 0.3) is 5.91 Å². The number of carbonyl (C=O) groups excluding carboxylic acids is 1. The second kappa shape index (κ2) is 8.35. The van der Waals surface area contributed by atoms with Gasteiger partial charge in [0.1, 0.15) is 11.9 Å². The summed E-state index contributed by atoms with van der Waals surface area (Å²) in [6, 6.07) is 8.96. The third kappa shape index (κ3) is 4.54. The van der Waals surface area contributed by atoms with Crippen molar-refractivity contribution < 1.29 is 23.0 Å². The highest BCUT2D eigenvalue weighted by Crippen LogP contribution is 2.25. The number of nitrogens with one attached hydrogen (secondary N) is 1.